The van der Waals surface area contributed by atoms with Gasteiger partial charge in [0.1, 0.15) is 5.57 Å². The van der Waals surface area contributed by atoms with Crippen LogP contribution in [-0.4, -0.2) is 38.5 Å². The molecule has 0 unspecified atom stereocenters. The quantitative estimate of drug-likeness (QED) is 0.287. The molecule has 1 aliphatic rings. The van der Waals surface area contributed by atoms with Gasteiger partial charge >= 0.3 is 5.97 Å². The van der Waals surface area contributed by atoms with Crippen molar-refractivity contribution >= 4 is 52.8 Å². The van der Waals surface area contributed by atoms with E-state index in [1.165, 1.54) is 30.3 Å². The molecule has 3 amide bonds. The number of aromatic nitrogens is 1. The van der Waals surface area contributed by atoms with Crippen LogP contribution >= 0.6 is 12.2 Å². The zero-order valence-corrected chi connectivity index (χ0v) is 19.6. The number of nitrogens with two attached hydrogens (primary N) is 1. The Balaban J connectivity index is 1.71. The number of nitrogens with zero attached hydrogens (tertiary/aromatic N) is 2. The average Bonchev–Trinajstić information content (AvgIpc) is 3.09. The molecular weight excluding hydrogens is 468 g/mol. The van der Waals surface area contributed by atoms with Gasteiger partial charge in [-0.3, -0.25) is 24.6 Å². The van der Waals surface area contributed by atoms with Crippen molar-refractivity contribution in [2.75, 3.05) is 4.90 Å². The molecule has 0 atom stereocenters. The van der Waals surface area contributed by atoms with Gasteiger partial charge in [0.05, 0.1) is 11.3 Å². The molecule has 0 radical (unpaired) electrons. The molecule has 35 heavy (non-hydrogen) atoms. The SMILES string of the molecule is Cc1cc(/C=C2\C(=O)NC(=S)N(c3ccc(C(=O)O)cc3)C2=O)c(C)n1-c1ccc(C(N)=O)cc1. The Labute approximate surface area is 205 Å². The van der Waals surface area contributed by atoms with Crippen molar-refractivity contribution in [1.29, 1.82) is 0 Å². The number of carbonyl (C=O) groups is 4. The first-order chi connectivity index (χ1) is 16.6. The fourth-order valence-corrected chi connectivity index (χ4v) is 4.19. The van der Waals surface area contributed by atoms with E-state index < -0.39 is 23.7 Å². The van der Waals surface area contributed by atoms with Gasteiger partial charge in [0.15, 0.2) is 5.11 Å². The monoisotopic (exact) mass is 488 g/mol. The van der Waals surface area contributed by atoms with E-state index in [9.17, 15) is 19.2 Å². The van der Waals surface area contributed by atoms with Crippen LogP contribution in [0.4, 0.5) is 5.69 Å². The molecule has 0 saturated carbocycles. The molecule has 4 N–H and O–H groups in total. The van der Waals surface area contributed by atoms with Crippen LogP contribution < -0.4 is 16.0 Å². The lowest BCUT2D eigenvalue weighted by atomic mass is 10.1. The lowest BCUT2D eigenvalue weighted by Crippen LogP contribution is -2.54. The summed E-state index contributed by atoms with van der Waals surface area (Å²) in [6.07, 6.45) is 1.49. The second kappa shape index (κ2) is 8.99. The summed E-state index contributed by atoms with van der Waals surface area (Å²) in [4.78, 5) is 49.6. The van der Waals surface area contributed by atoms with Crippen molar-refractivity contribution in [3.05, 3.63) is 88.2 Å². The minimum absolute atomic E-state index is 0.0558. The maximum Gasteiger partial charge on any atom is 0.335 e. The Morgan fingerprint density at radius 2 is 1.54 bits per heavy atom. The smallest absolute Gasteiger partial charge is 0.335 e. The summed E-state index contributed by atoms with van der Waals surface area (Å²) in [5.74, 6) is -2.88. The number of aryl methyl sites for hydroxylation is 1. The molecule has 176 valence electrons. The van der Waals surface area contributed by atoms with Crippen LogP contribution in [0.1, 0.15) is 37.7 Å². The topological polar surface area (TPSA) is 135 Å². The number of primary amides is 1. The third-order valence-corrected chi connectivity index (χ3v) is 5.94. The first-order valence-corrected chi connectivity index (χ1v) is 10.8. The normalized spacial score (nSPS) is 14.9. The van der Waals surface area contributed by atoms with Crippen LogP contribution in [0.25, 0.3) is 11.8 Å². The molecule has 0 aliphatic carbocycles. The van der Waals surface area contributed by atoms with Gasteiger partial charge in [-0.05, 0) is 92.3 Å². The maximum atomic E-state index is 13.3. The highest BCUT2D eigenvalue weighted by atomic mass is 32.1. The largest absolute Gasteiger partial charge is 0.478 e. The van der Waals surface area contributed by atoms with Gasteiger partial charge in [-0.1, -0.05) is 0 Å². The highest BCUT2D eigenvalue weighted by Crippen LogP contribution is 2.26. The number of amides is 3. The van der Waals surface area contributed by atoms with Gasteiger partial charge in [0.25, 0.3) is 11.8 Å². The molecule has 3 aromatic rings. The van der Waals surface area contributed by atoms with E-state index in [0.29, 0.717) is 16.8 Å². The summed E-state index contributed by atoms with van der Waals surface area (Å²) in [6, 6.07) is 14.2. The van der Waals surface area contributed by atoms with Crippen molar-refractivity contribution < 1.29 is 24.3 Å². The lowest BCUT2D eigenvalue weighted by molar-refractivity contribution is -0.122. The molecule has 1 aromatic heterocycles. The maximum absolute atomic E-state index is 13.3. The number of aromatic carboxylic acids is 1. The molecule has 9 nitrogen and oxygen atoms in total. The van der Waals surface area contributed by atoms with Crippen LogP contribution in [0.5, 0.6) is 0 Å². The fraction of sp³-hybridized carbons (Fsp3) is 0.0800. The van der Waals surface area contributed by atoms with Crippen molar-refractivity contribution in [1.82, 2.24) is 9.88 Å². The third-order valence-electron chi connectivity index (χ3n) is 5.65. The van der Waals surface area contributed by atoms with Crippen molar-refractivity contribution in [2.45, 2.75) is 13.8 Å². The van der Waals surface area contributed by atoms with Gasteiger partial charge in [0, 0.05) is 22.6 Å². The Morgan fingerprint density at radius 1 is 0.971 bits per heavy atom. The van der Waals surface area contributed by atoms with E-state index >= 15 is 0 Å². The number of hydrogen-bond donors (Lipinski definition) is 3. The predicted octanol–water partition coefficient (Wildman–Crippen LogP) is 2.72. The Morgan fingerprint density at radius 3 is 2.11 bits per heavy atom. The third kappa shape index (κ3) is 4.34. The van der Waals surface area contributed by atoms with E-state index in [2.05, 4.69) is 5.32 Å². The van der Waals surface area contributed by atoms with Crippen LogP contribution in [-0.2, 0) is 9.59 Å². The fourth-order valence-electron chi connectivity index (χ4n) is 3.91. The number of rotatable bonds is 5. The summed E-state index contributed by atoms with van der Waals surface area (Å²) < 4.78 is 1.93. The van der Waals surface area contributed by atoms with Gasteiger partial charge < -0.3 is 15.4 Å². The van der Waals surface area contributed by atoms with Gasteiger partial charge in [0.2, 0.25) is 5.91 Å². The van der Waals surface area contributed by atoms with Gasteiger partial charge in [-0.15, -0.1) is 0 Å². The molecule has 1 fully saturated rings. The summed E-state index contributed by atoms with van der Waals surface area (Å²) >= 11 is 5.20. The number of nitrogens with one attached hydrogen (secondary N) is 1. The van der Waals surface area contributed by atoms with Crippen molar-refractivity contribution in [2.24, 2.45) is 5.73 Å². The number of carboxylic acids is 1. The molecule has 4 rings (SSSR count). The summed E-state index contributed by atoms with van der Waals surface area (Å²) in [5, 5.41) is 11.5. The van der Waals surface area contributed by atoms with Gasteiger partial charge in [-0.2, -0.15) is 0 Å². The molecule has 2 heterocycles. The number of anilines is 1. The molecule has 0 bridgehead atoms. The van der Waals surface area contributed by atoms with Crippen LogP contribution in [0.2, 0.25) is 0 Å². The van der Waals surface area contributed by atoms with E-state index in [1.54, 1.807) is 24.3 Å². The van der Waals surface area contributed by atoms with Crippen LogP contribution in [0.15, 0.2) is 60.2 Å². The zero-order chi connectivity index (χ0) is 25.4. The lowest BCUT2D eigenvalue weighted by Gasteiger charge is -2.29. The molecule has 10 heteroatoms. The molecule has 1 aliphatic heterocycles. The summed E-state index contributed by atoms with van der Waals surface area (Å²) in [6.45, 7) is 3.73. The van der Waals surface area contributed by atoms with Crippen molar-refractivity contribution in [3.63, 3.8) is 0 Å². The first-order valence-electron chi connectivity index (χ1n) is 10.4. The number of thiocarbonyl (C=S) groups is 1. The number of carbonyl (C=O) groups excluding carboxylic acids is 3. The molecule has 2 aromatic carbocycles. The average molecular weight is 489 g/mol. The predicted molar refractivity (Wildman–Crippen MR) is 133 cm³/mol. The van der Waals surface area contributed by atoms with E-state index in [1.807, 2.05) is 24.5 Å². The molecule has 0 spiro atoms. The number of hydrogen-bond acceptors (Lipinski definition) is 5. The summed E-state index contributed by atoms with van der Waals surface area (Å²) in [5.41, 5.74) is 9.02. The van der Waals surface area contributed by atoms with Gasteiger partial charge in [-0.25, -0.2) is 4.79 Å². The molecule has 1 saturated heterocycles. The minimum atomic E-state index is -1.10. The second-order valence-corrected chi connectivity index (χ2v) is 8.27. The second-order valence-electron chi connectivity index (χ2n) is 7.88. The Bertz CT molecular complexity index is 1440. The Kier molecular flexibility index (Phi) is 6.06. The van der Waals surface area contributed by atoms with Crippen LogP contribution in [0.3, 0.4) is 0 Å². The van der Waals surface area contributed by atoms with Crippen molar-refractivity contribution in [3.8, 4) is 5.69 Å². The van der Waals surface area contributed by atoms with E-state index in [0.717, 1.165) is 22.0 Å². The first kappa shape index (κ1) is 23.6. The van der Waals surface area contributed by atoms with Crippen LogP contribution in [0, 0.1) is 13.8 Å². The Hall–Kier alpha value is -4.57. The highest BCUT2D eigenvalue weighted by Gasteiger charge is 2.34. The zero-order valence-electron chi connectivity index (χ0n) is 18.7. The number of benzene rings is 2. The summed E-state index contributed by atoms with van der Waals surface area (Å²) in [7, 11) is 0. The van der Waals surface area contributed by atoms with E-state index in [-0.39, 0.29) is 16.2 Å². The molecular formula is C25H20N4O5S. The highest BCUT2D eigenvalue weighted by molar-refractivity contribution is 7.80. The standard InChI is InChI=1S/C25H20N4O5S/c1-13-11-17(14(2)28(13)18-7-3-15(4-8-18)21(26)30)12-20-22(31)27-25(35)29(23(20)32)19-9-5-16(6-10-19)24(33)34/h3-12H,1-2H3,(H2,26,30)(H,33,34)(H,27,31,35)/b20-12+. The minimum Gasteiger partial charge on any atom is -0.478 e. The van der Waals surface area contributed by atoms with E-state index in [4.69, 9.17) is 23.1 Å². The number of carboxylic acid groups (broad SMARTS) is 1.